The first-order chi connectivity index (χ1) is 6.42. The highest BCUT2D eigenvalue weighted by atomic mass is 16.7. The molecule has 6 nitrogen and oxygen atoms in total. The van der Waals surface area contributed by atoms with Gasteiger partial charge < -0.3 is 0 Å². The molecular weight excluding hydrogens is 184 g/mol. The van der Waals surface area contributed by atoms with Gasteiger partial charge in [0.05, 0.1) is 11.6 Å². The van der Waals surface area contributed by atoms with Gasteiger partial charge >= 0.3 is 6.03 Å². The number of nitrogens with zero attached hydrogens (tertiary/aromatic N) is 1. The number of carbonyl (C=O) groups is 1. The maximum absolute atomic E-state index is 11.0. The maximum atomic E-state index is 11.0. The molecule has 1 fully saturated rings. The number of carbonyl (C=O) groups excluding carboxylic acids is 1. The Bertz CT molecular complexity index is 210. The molecule has 2 amide bonds. The van der Waals surface area contributed by atoms with Crippen LogP contribution in [0.1, 0.15) is 33.6 Å². The van der Waals surface area contributed by atoms with Crippen LogP contribution in [0.2, 0.25) is 0 Å². The van der Waals surface area contributed by atoms with Crippen molar-refractivity contribution in [2.24, 2.45) is 5.84 Å². The number of hydrogen-bond acceptors (Lipinski definition) is 4. The van der Waals surface area contributed by atoms with Gasteiger partial charge in [0.25, 0.3) is 0 Å². The Kier molecular flexibility index (Phi) is 3.30. The van der Waals surface area contributed by atoms with Gasteiger partial charge in [0, 0.05) is 0 Å². The van der Waals surface area contributed by atoms with Gasteiger partial charge in [0.15, 0.2) is 0 Å². The molecule has 0 heterocycles. The van der Waals surface area contributed by atoms with E-state index >= 15 is 0 Å². The van der Waals surface area contributed by atoms with Crippen molar-refractivity contribution in [3.8, 4) is 0 Å². The van der Waals surface area contributed by atoms with E-state index in [0.717, 1.165) is 12.8 Å². The topological polar surface area (TPSA) is 79.6 Å². The second kappa shape index (κ2) is 4.12. The molecule has 4 N–H and O–H groups in total. The van der Waals surface area contributed by atoms with Gasteiger partial charge in [-0.25, -0.2) is 16.1 Å². The predicted octanol–water partition coefficient (Wildman–Crippen LogP) is 0.269. The van der Waals surface area contributed by atoms with E-state index < -0.39 is 6.03 Å². The summed E-state index contributed by atoms with van der Waals surface area (Å²) < 4.78 is 0. The number of hydroxylamine groups is 1. The molecule has 1 aliphatic carbocycles. The zero-order chi connectivity index (χ0) is 10.8. The van der Waals surface area contributed by atoms with Crippen molar-refractivity contribution in [1.29, 1.82) is 0 Å². The highest BCUT2D eigenvalue weighted by molar-refractivity contribution is 5.72. The Morgan fingerprint density at radius 2 is 2.07 bits per heavy atom. The summed E-state index contributed by atoms with van der Waals surface area (Å²) in [5, 5.41) is 1.47. The lowest BCUT2D eigenvalue weighted by Crippen LogP contribution is -2.52. The summed E-state index contributed by atoms with van der Waals surface area (Å²) in [5.74, 6) is 4.96. The molecule has 0 atom stereocenters. The van der Waals surface area contributed by atoms with Crippen molar-refractivity contribution < 1.29 is 9.63 Å². The van der Waals surface area contributed by atoms with Crippen molar-refractivity contribution in [3.05, 3.63) is 0 Å². The largest absolute Gasteiger partial charge is 0.345 e. The molecule has 0 bridgehead atoms. The van der Waals surface area contributed by atoms with Crippen LogP contribution in [0.4, 0.5) is 4.79 Å². The molecular formula is C8H18N4O2. The molecule has 0 spiro atoms. The molecule has 14 heavy (non-hydrogen) atoms. The molecule has 0 aromatic heterocycles. The van der Waals surface area contributed by atoms with Gasteiger partial charge in [0.1, 0.15) is 0 Å². The van der Waals surface area contributed by atoms with Crippen LogP contribution in [0.15, 0.2) is 0 Å². The second-order valence-electron chi connectivity index (χ2n) is 4.35. The summed E-state index contributed by atoms with van der Waals surface area (Å²) in [6.45, 7) is 5.76. The lowest BCUT2D eigenvalue weighted by molar-refractivity contribution is -0.254. The van der Waals surface area contributed by atoms with Crippen LogP contribution in [0, 0.1) is 0 Å². The van der Waals surface area contributed by atoms with Crippen LogP contribution in [0.5, 0.6) is 0 Å². The van der Waals surface area contributed by atoms with E-state index in [-0.39, 0.29) is 11.6 Å². The van der Waals surface area contributed by atoms with E-state index in [0.29, 0.717) is 0 Å². The molecule has 0 aromatic carbocycles. The lowest BCUT2D eigenvalue weighted by atomic mass is 10.2. The molecule has 1 saturated carbocycles. The highest BCUT2D eigenvalue weighted by Crippen LogP contribution is 2.27. The van der Waals surface area contributed by atoms with Crippen molar-refractivity contribution in [2.75, 3.05) is 0 Å². The molecule has 1 aliphatic rings. The van der Waals surface area contributed by atoms with Gasteiger partial charge in [-0.3, -0.25) is 10.3 Å². The summed E-state index contributed by atoms with van der Waals surface area (Å²) in [7, 11) is 0. The third kappa shape index (κ3) is 3.91. The van der Waals surface area contributed by atoms with Crippen LogP contribution >= 0.6 is 0 Å². The Morgan fingerprint density at radius 3 is 2.43 bits per heavy atom. The number of nitrogens with one attached hydrogen (secondary N) is 2. The Labute approximate surface area is 83.7 Å². The third-order valence-corrected chi connectivity index (χ3v) is 1.59. The molecule has 1 rings (SSSR count). The number of urea groups is 1. The van der Waals surface area contributed by atoms with Crippen LogP contribution in [0.3, 0.4) is 0 Å². The average Bonchev–Trinajstić information content (AvgIpc) is 2.82. The van der Waals surface area contributed by atoms with E-state index in [1.807, 2.05) is 26.2 Å². The van der Waals surface area contributed by atoms with Gasteiger partial charge in [-0.1, -0.05) is 5.17 Å². The van der Waals surface area contributed by atoms with E-state index in [4.69, 9.17) is 10.7 Å². The molecule has 6 heteroatoms. The Morgan fingerprint density at radius 1 is 1.50 bits per heavy atom. The number of hydrazine groups is 2. The van der Waals surface area contributed by atoms with E-state index in [1.54, 1.807) is 0 Å². The van der Waals surface area contributed by atoms with Gasteiger partial charge in [-0.2, -0.15) is 0 Å². The first kappa shape index (κ1) is 11.2. The summed E-state index contributed by atoms with van der Waals surface area (Å²) >= 11 is 0. The Hall–Kier alpha value is -0.850. The highest BCUT2D eigenvalue weighted by Gasteiger charge is 2.34. The summed E-state index contributed by atoms with van der Waals surface area (Å²) in [6.07, 6.45) is 2.06. The normalized spacial score (nSPS) is 16.9. The minimum absolute atomic E-state index is 0.270. The molecule has 0 aromatic rings. The predicted molar refractivity (Wildman–Crippen MR) is 51.6 cm³/mol. The average molecular weight is 202 g/mol. The second-order valence-corrected chi connectivity index (χ2v) is 4.35. The third-order valence-electron chi connectivity index (χ3n) is 1.59. The number of rotatable bonds is 3. The first-order valence-corrected chi connectivity index (χ1v) is 4.68. The van der Waals surface area contributed by atoms with E-state index in [2.05, 4.69) is 5.43 Å². The fourth-order valence-corrected chi connectivity index (χ4v) is 0.925. The summed E-state index contributed by atoms with van der Waals surface area (Å²) in [6, 6.07) is -0.201. The van der Waals surface area contributed by atoms with Crippen molar-refractivity contribution in [1.82, 2.24) is 16.0 Å². The van der Waals surface area contributed by atoms with Crippen LogP contribution in [-0.4, -0.2) is 22.8 Å². The minimum atomic E-state index is -0.471. The minimum Gasteiger partial charge on any atom is -0.275 e. The standard InChI is InChI=1S/C8H18N4O2/c1-8(2,3)14-12(6-4-5-6)11-7(13)10-9/h6H,4-5,9H2,1-3H3,(H2,10,11,13). The molecule has 0 saturated heterocycles. The smallest absolute Gasteiger partial charge is 0.275 e. The van der Waals surface area contributed by atoms with Gasteiger partial charge in [-0.05, 0) is 33.6 Å². The molecule has 0 aliphatic heterocycles. The van der Waals surface area contributed by atoms with Crippen molar-refractivity contribution in [3.63, 3.8) is 0 Å². The zero-order valence-corrected chi connectivity index (χ0v) is 8.83. The van der Waals surface area contributed by atoms with Crippen molar-refractivity contribution in [2.45, 2.75) is 45.3 Å². The SMILES string of the molecule is CC(C)(C)ON(NC(=O)NN)C1CC1. The molecule has 0 unspecified atom stereocenters. The van der Waals surface area contributed by atoms with Crippen molar-refractivity contribution >= 4 is 6.03 Å². The molecule has 0 radical (unpaired) electrons. The summed E-state index contributed by atoms with van der Waals surface area (Å²) in [5.41, 5.74) is 4.18. The fourth-order valence-electron chi connectivity index (χ4n) is 0.925. The fraction of sp³-hybridized carbons (Fsp3) is 0.875. The van der Waals surface area contributed by atoms with Gasteiger partial charge in [0.2, 0.25) is 0 Å². The number of hydrogen-bond donors (Lipinski definition) is 3. The van der Waals surface area contributed by atoms with Crippen LogP contribution < -0.4 is 16.7 Å². The van der Waals surface area contributed by atoms with E-state index in [9.17, 15) is 4.79 Å². The van der Waals surface area contributed by atoms with Crippen LogP contribution in [-0.2, 0) is 4.84 Å². The monoisotopic (exact) mass is 202 g/mol. The first-order valence-electron chi connectivity index (χ1n) is 4.68. The maximum Gasteiger partial charge on any atom is 0.345 e. The number of amides is 2. The molecule has 82 valence electrons. The zero-order valence-electron chi connectivity index (χ0n) is 8.83. The quantitative estimate of drug-likeness (QED) is 0.348. The van der Waals surface area contributed by atoms with Gasteiger partial charge in [-0.15, -0.1) is 0 Å². The van der Waals surface area contributed by atoms with E-state index in [1.165, 1.54) is 5.17 Å². The lowest BCUT2D eigenvalue weighted by Gasteiger charge is -2.29. The Balaban J connectivity index is 2.43. The van der Waals surface area contributed by atoms with Crippen LogP contribution in [0.25, 0.3) is 0 Å². The number of nitrogens with two attached hydrogens (primary N) is 1. The summed E-state index contributed by atoms with van der Waals surface area (Å²) in [4.78, 5) is 16.5.